The second kappa shape index (κ2) is 6.61. The highest BCUT2D eigenvalue weighted by molar-refractivity contribution is 7.99. The number of hydrogen-bond acceptors (Lipinski definition) is 3. The molecule has 0 unspecified atom stereocenters. The lowest BCUT2D eigenvalue weighted by Gasteiger charge is -2.13. The molecule has 15 heavy (non-hydrogen) atoms. The zero-order chi connectivity index (χ0) is 11.3. The first kappa shape index (κ1) is 13.1. The molecule has 0 spiro atoms. The second-order valence-electron chi connectivity index (χ2n) is 2.79. The molecule has 0 bridgehead atoms. The molecule has 0 aliphatic rings. The predicted octanol–water partition coefficient (Wildman–Crippen LogP) is 3.70. The van der Waals surface area contributed by atoms with Gasteiger partial charge in [0.05, 0.1) is 5.02 Å². The Balaban J connectivity index is 2.60. The third kappa shape index (κ3) is 4.21. The molecular formula is C10H12Cl2O2S. The van der Waals surface area contributed by atoms with E-state index in [9.17, 15) is 0 Å². The Hall–Kier alpha value is 0.0700. The van der Waals surface area contributed by atoms with Crippen LogP contribution in [0.15, 0.2) is 23.1 Å². The lowest BCUT2D eigenvalue weighted by molar-refractivity contribution is -0.0842. The Labute approximate surface area is 104 Å². The Morgan fingerprint density at radius 2 is 1.93 bits per heavy atom. The molecule has 0 N–H and O–H groups in total. The zero-order valence-corrected chi connectivity index (χ0v) is 10.8. The van der Waals surface area contributed by atoms with Gasteiger partial charge >= 0.3 is 0 Å². The number of thioether (sulfide) groups is 1. The van der Waals surface area contributed by atoms with Gasteiger partial charge in [-0.25, -0.2) is 0 Å². The van der Waals surface area contributed by atoms with Crippen molar-refractivity contribution in [2.24, 2.45) is 0 Å². The van der Waals surface area contributed by atoms with Gasteiger partial charge in [0.15, 0.2) is 6.29 Å². The van der Waals surface area contributed by atoms with E-state index in [0.29, 0.717) is 15.8 Å². The summed E-state index contributed by atoms with van der Waals surface area (Å²) in [7, 11) is 3.21. The molecule has 0 aliphatic carbocycles. The van der Waals surface area contributed by atoms with Crippen molar-refractivity contribution in [3.8, 4) is 0 Å². The molecule has 0 heterocycles. The third-order valence-corrected chi connectivity index (χ3v) is 3.56. The van der Waals surface area contributed by atoms with Crippen LogP contribution in [0, 0.1) is 0 Å². The van der Waals surface area contributed by atoms with Crippen molar-refractivity contribution in [2.45, 2.75) is 11.2 Å². The maximum atomic E-state index is 6.00. The lowest BCUT2D eigenvalue weighted by Crippen LogP contribution is -2.15. The maximum absolute atomic E-state index is 6.00. The van der Waals surface area contributed by atoms with Crippen LogP contribution in [0.4, 0.5) is 0 Å². The molecule has 0 saturated carbocycles. The molecule has 1 aromatic carbocycles. The van der Waals surface area contributed by atoms with E-state index in [0.717, 1.165) is 4.90 Å². The lowest BCUT2D eigenvalue weighted by atomic mass is 10.4. The van der Waals surface area contributed by atoms with Gasteiger partial charge in [-0.2, -0.15) is 0 Å². The fraction of sp³-hybridized carbons (Fsp3) is 0.400. The van der Waals surface area contributed by atoms with E-state index >= 15 is 0 Å². The summed E-state index contributed by atoms with van der Waals surface area (Å²) in [6.45, 7) is 0. The minimum absolute atomic E-state index is 0.231. The van der Waals surface area contributed by atoms with Crippen molar-refractivity contribution >= 4 is 35.0 Å². The minimum atomic E-state index is -0.231. The molecule has 2 nitrogen and oxygen atoms in total. The van der Waals surface area contributed by atoms with Crippen LogP contribution in [0.2, 0.25) is 10.0 Å². The zero-order valence-electron chi connectivity index (χ0n) is 8.50. The van der Waals surface area contributed by atoms with Crippen LogP contribution >= 0.6 is 35.0 Å². The second-order valence-corrected chi connectivity index (χ2v) is 4.69. The van der Waals surface area contributed by atoms with E-state index in [2.05, 4.69) is 0 Å². The van der Waals surface area contributed by atoms with Gasteiger partial charge in [-0.05, 0) is 18.2 Å². The smallest absolute Gasteiger partial charge is 0.166 e. The molecule has 5 heteroatoms. The van der Waals surface area contributed by atoms with Crippen LogP contribution in [-0.2, 0) is 9.47 Å². The molecule has 0 amide bonds. The number of rotatable bonds is 5. The van der Waals surface area contributed by atoms with Gasteiger partial charge in [-0.3, -0.25) is 0 Å². The molecule has 1 rings (SSSR count). The summed E-state index contributed by atoms with van der Waals surface area (Å²) in [5, 5.41) is 1.36. The van der Waals surface area contributed by atoms with Crippen molar-refractivity contribution in [1.82, 2.24) is 0 Å². The van der Waals surface area contributed by atoms with E-state index in [1.54, 1.807) is 38.1 Å². The largest absolute Gasteiger partial charge is 0.355 e. The van der Waals surface area contributed by atoms with Crippen molar-refractivity contribution in [1.29, 1.82) is 0 Å². The Kier molecular flexibility index (Phi) is 5.79. The first-order valence-electron chi connectivity index (χ1n) is 4.30. The summed E-state index contributed by atoms with van der Waals surface area (Å²) in [6.07, 6.45) is -0.231. The van der Waals surface area contributed by atoms with E-state index in [-0.39, 0.29) is 6.29 Å². The maximum Gasteiger partial charge on any atom is 0.166 e. The Morgan fingerprint density at radius 3 is 2.53 bits per heavy atom. The average Bonchev–Trinajstić information content (AvgIpc) is 2.24. The van der Waals surface area contributed by atoms with E-state index in [1.165, 1.54) is 0 Å². The summed E-state index contributed by atoms with van der Waals surface area (Å²) < 4.78 is 10.1. The van der Waals surface area contributed by atoms with Crippen molar-refractivity contribution < 1.29 is 9.47 Å². The molecule has 0 aliphatic heterocycles. The van der Waals surface area contributed by atoms with Crippen molar-refractivity contribution in [3.05, 3.63) is 28.2 Å². The van der Waals surface area contributed by atoms with E-state index in [4.69, 9.17) is 32.7 Å². The minimum Gasteiger partial charge on any atom is -0.355 e. The summed E-state index contributed by atoms with van der Waals surface area (Å²) in [4.78, 5) is 0.934. The van der Waals surface area contributed by atoms with Gasteiger partial charge in [0.2, 0.25) is 0 Å². The van der Waals surface area contributed by atoms with Gasteiger partial charge in [0.25, 0.3) is 0 Å². The van der Waals surface area contributed by atoms with E-state index in [1.807, 2.05) is 6.07 Å². The number of methoxy groups -OCH3 is 2. The van der Waals surface area contributed by atoms with Crippen LogP contribution in [0.25, 0.3) is 0 Å². The van der Waals surface area contributed by atoms with Crippen LogP contribution in [0.3, 0.4) is 0 Å². The molecule has 0 aromatic heterocycles. The van der Waals surface area contributed by atoms with Crippen LogP contribution in [0.5, 0.6) is 0 Å². The first-order chi connectivity index (χ1) is 7.17. The first-order valence-corrected chi connectivity index (χ1v) is 6.05. The monoisotopic (exact) mass is 266 g/mol. The van der Waals surface area contributed by atoms with Gasteiger partial charge < -0.3 is 9.47 Å². The number of ether oxygens (including phenoxy) is 2. The van der Waals surface area contributed by atoms with E-state index < -0.39 is 0 Å². The normalized spacial score (nSPS) is 11.0. The van der Waals surface area contributed by atoms with Gasteiger partial charge in [0, 0.05) is 29.9 Å². The number of benzene rings is 1. The summed E-state index contributed by atoms with van der Waals surface area (Å²) in [5.41, 5.74) is 0. The molecule has 1 aromatic rings. The highest BCUT2D eigenvalue weighted by Crippen LogP contribution is 2.30. The summed E-state index contributed by atoms with van der Waals surface area (Å²) in [6, 6.07) is 5.37. The summed E-state index contributed by atoms with van der Waals surface area (Å²) in [5.74, 6) is 0.674. The third-order valence-electron chi connectivity index (χ3n) is 1.79. The fourth-order valence-corrected chi connectivity index (χ4v) is 2.50. The summed E-state index contributed by atoms with van der Waals surface area (Å²) >= 11 is 13.4. The molecule has 0 fully saturated rings. The highest BCUT2D eigenvalue weighted by Gasteiger charge is 2.08. The van der Waals surface area contributed by atoms with Crippen LogP contribution in [-0.4, -0.2) is 26.3 Å². The molecular weight excluding hydrogens is 255 g/mol. The van der Waals surface area contributed by atoms with Gasteiger partial charge in [0.1, 0.15) is 0 Å². The molecule has 0 radical (unpaired) electrons. The van der Waals surface area contributed by atoms with Gasteiger partial charge in [-0.1, -0.05) is 23.2 Å². The Morgan fingerprint density at radius 1 is 1.27 bits per heavy atom. The fourth-order valence-electron chi connectivity index (χ4n) is 0.978. The molecule has 0 saturated heterocycles. The average molecular weight is 267 g/mol. The SMILES string of the molecule is COC(CSc1cc(Cl)ccc1Cl)OC. The van der Waals surface area contributed by atoms with Crippen LogP contribution in [0.1, 0.15) is 0 Å². The van der Waals surface area contributed by atoms with Gasteiger partial charge in [-0.15, -0.1) is 11.8 Å². The number of hydrogen-bond donors (Lipinski definition) is 0. The highest BCUT2D eigenvalue weighted by atomic mass is 35.5. The van der Waals surface area contributed by atoms with Crippen LogP contribution < -0.4 is 0 Å². The standard InChI is InChI=1S/C10H12Cl2O2S/c1-13-10(14-2)6-15-9-5-7(11)3-4-8(9)12/h3-5,10H,6H2,1-2H3. The predicted molar refractivity (Wildman–Crippen MR) is 65.0 cm³/mol. The topological polar surface area (TPSA) is 18.5 Å². The molecule has 0 atom stereocenters. The van der Waals surface area contributed by atoms with Crippen molar-refractivity contribution in [2.75, 3.05) is 20.0 Å². The Bertz CT molecular complexity index is 316. The quantitative estimate of drug-likeness (QED) is 0.598. The van der Waals surface area contributed by atoms with Crippen molar-refractivity contribution in [3.63, 3.8) is 0 Å². The number of halogens is 2. The molecule has 84 valence electrons.